The van der Waals surface area contributed by atoms with Gasteiger partial charge in [0.15, 0.2) is 5.13 Å². The zero-order valence-corrected chi connectivity index (χ0v) is 16.1. The highest BCUT2D eigenvalue weighted by Crippen LogP contribution is 2.39. The van der Waals surface area contributed by atoms with Crippen molar-refractivity contribution in [2.75, 3.05) is 19.5 Å². The monoisotopic (exact) mass is 384 g/mol. The smallest absolute Gasteiger partial charge is 0.308 e. The predicted octanol–water partition coefficient (Wildman–Crippen LogP) is 4.51. The van der Waals surface area contributed by atoms with Crippen molar-refractivity contribution in [2.24, 2.45) is 0 Å². The molecule has 0 bridgehead atoms. The first-order valence-corrected chi connectivity index (χ1v) is 9.09. The molecule has 2 aromatic carbocycles. The molecule has 140 valence electrons. The molecule has 0 unspecified atom stereocenters. The average Bonchev–Trinajstić information content (AvgIpc) is 3.04. The maximum Gasteiger partial charge on any atom is 0.308 e. The van der Waals surface area contributed by atoms with Gasteiger partial charge in [0.1, 0.15) is 11.5 Å². The van der Waals surface area contributed by atoms with Crippen LogP contribution in [0, 0.1) is 6.92 Å². The first-order chi connectivity index (χ1) is 13.0. The van der Waals surface area contributed by atoms with Crippen molar-refractivity contribution in [2.45, 2.75) is 13.3 Å². The second kappa shape index (κ2) is 8.09. The number of ether oxygens (including phenoxy) is 2. The van der Waals surface area contributed by atoms with Crippen molar-refractivity contribution in [3.05, 3.63) is 52.9 Å². The molecule has 0 atom stereocenters. The van der Waals surface area contributed by atoms with E-state index >= 15 is 0 Å². The highest BCUT2D eigenvalue weighted by Gasteiger charge is 2.19. The molecule has 1 heterocycles. The number of thiazole rings is 1. The van der Waals surface area contributed by atoms with Crippen molar-refractivity contribution in [1.29, 1.82) is 0 Å². The molecule has 6 nitrogen and oxygen atoms in total. The van der Waals surface area contributed by atoms with E-state index < -0.39 is 5.97 Å². The van der Waals surface area contributed by atoms with Crippen molar-refractivity contribution >= 4 is 28.1 Å². The number of nitrogens with one attached hydrogen (secondary N) is 1. The molecule has 0 radical (unpaired) electrons. The largest absolute Gasteiger partial charge is 0.497 e. The van der Waals surface area contributed by atoms with Crippen LogP contribution in [0.5, 0.6) is 11.5 Å². The highest BCUT2D eigenvalue weighted by atomic mass is 32.1. The number of aromatic nitrogens is 1. The van der Waals surface area contributed by atoms with Gasteiger partial charge in [0.2, 0.25) is 0 Å². The first kappa shape index (κ1) is 18.7. The molecule has 3 aromatic rings. The number of nitrogens with zero attached hydrogens (tertiary/aromatic N) is 1. The normalized spacial score (nSPS) is 10.5. The summed E-state index contributed by atoms with van der Waals surface area (Å²) in [6.45, 7) is 2.02. The van der Waals surface area contributed by atoms with Crippen LogP contribution in [0.25, 0.3) is 11.3 Å². The van der Waals surface area contributed by atoms with E-state index in [4.69, 9.17) is 9.47 Å². The maximum absolute atomic E-state index is 11.3. The second-order valence-electron chi connectivity index (χ2n) is 5.92. The quantitative estimate of drug-likeness (QED) is 0.624. The van der Waals surface area contributed by atoms with Gasteiger partial charge in [-0.1, -0.05) is 17.7 Å². The highest BCUT2D eigenvalue weighted by molar-refractivity contribution is 7.16. The van der Waals surface area contributed by atoms with Gasteiger partial charge in [0.05, 0.1) is 26.3 Å². The molecule has 1 aromatic heterocycles. The predicted molar refractivity (Wildman–Crippen MR) is 106 cm³/mol. The minimum atomic E-state index is -0.913. The van der Waals surface area contributed by atoms with E-state index in [1.807, 2.05) is 31.2 Å². The molecule has 0 amide bonds. The molecular formula is C20H20N2O4S. The molecule has 0 saturated heterocycles. The summed E-state index contributed by atoms with van der Waals surface area (Å²) in [4.78, 5) is 16.6. The van der Waals surface area contributed by atoms with Crippen LogP contribution in [0.3, 0.4) is 0 Å². The third-order valence-corrected chi connectivity index (χ3v) is 4.94. The van der Waals surface area contributed by atoms with E-state index in [-0.39, 0.29) is 6.42 Å². The van der Waals surface area contributed by atoms with Gasteiger partial charge in [-0.05, 0) is 37.3 Å². The van der Waals surface area contributed by atoms with Gasteiger partial charge in [-0.15, -0.1) is 11.3 Å². The van der Waals surface area contributed by atoms with Crippen LogP contribution in [0.1, 0.15) is 10.4 Å². The van der Waals surface area contributed by atoms with E-state index in [0.29, 0.717) is 32.8 Å². The lowest BCUT2D eigenvalue weighted by atomic mass is 10.1. The van der Waals surface area contributed by atoms with Crippen LogP contribution in [0.2, 0.25) is 0 Å². The number of hydrogen-bond acceptors (Lipinski definition) is 6. The Balaban J connectivity index is 2.04. The topological polar surface area (TPSA) is 80.7 Å². The number of hydrogen-bond donors (Lipinski definition) is 2. The van der Waals surface area contributed by atoms with Crippen molar-refractivity contribution in [3.8, 4) is 22.8 Å². The number of aliphatic carboxylic acids is 1. The number of rotatable bonds is 7. The lowest BCUT2D eigenvalue weighted by molar-refractivity contribution is -0.136. The molecule has 0 fully saturated rings. The number of anilines is 2. The van der Waals surface area contributed by atoms with Gasteiger partial charge in [-0.3, -0.25) is 4.79 Å². The lowest BCUT2D eigenvalue weighted by Crippen LogP contribution is -2.00. The third kappa shape index (κ3) is 4.38. The number of benzene rings is 2. The summed E-state index contributed by atoms with van der Waals surface area (Å²) in [6.07, 6.45) is -0.122. The Bertz CT molecular complexity index is 951. The third-order valence-electron chi connectivity index (χ3n) is 3.97. The summed E-state index contributed by atoms with van der Waals surface area (Å²) >= 11 is 1.31. The number of methoxy groups -OCH3 is 2. The van der Waals surface area contributed by atoms with E-state index in [2.05, 4.69) is 10.3 Å². The lowest BCUT2D eigenvalue weighted by Gasteiger charge is -2.10. The first-order valence-electron chi connectivity index (χ1n) is 8.27. The zero-order chi connectivity index (χ0) is 19.4. The molecule has 3 rings (SSSR count). The summed E-state index contributed by atoms with van der Waals surface area (Å²) in [6, 6.07) is 13.3. The Labute approximate surface area is 161 Å². The standard InChI is InChI=1S/C20H20N2O4S/c1-12-4-6-13(7-5-12)21-20-22-19(17(27-20)11-18(23)24)15-10-14(25-2)8-9-16(15)26-3/h4-10H,11H2,1-3H3,(H,21,22)(H,23,24). The molecule has 0 spiro atoms. The zero-order valence-electron chi connectivity index (χ0n) is 15.3. The van der Waals surface area contributed by atoms with Gasteiger partial charge < -0.3 is 19.9 Å². The number of carboxylic acids is 1. The SMILES string of the molecule is COc1ccc(OC)c(-c2nc(Nc3ccc(C)cc3)sc2CC(=O)O)c1. The summed E-state index contributed by atoms with van der Waals surface area (Å²) in [5, 5.41) is 13.2. The van der Waals surface area contributed by atoms with E-state index in [1.54, 1.807) is 32.4 Å². The van der Waals surface area contributed by atoms with Crippen LogP contribution in [-0.4, -0.2) is 30.3 Å². The molecule has 27 heavy (non-hydrogen) atoms. The Hall–Kier alpha value is -3.06. The van der Waals surface area contributed by atoms with Gasteiger partial charge in [-0.25, -0.2) is 4.98 Å². The molecular weight excluding hydrogens is 364 g/mol. The van der Waals surface area contributed by atoms with Crippen LogP contribution in [-0.2, 0) is 11.2 Å². The van der Waals surface area contributed by atoms with Crippen LogP contribution in [0.4, 0.5) is 10.8 Å². The molecule has 0 saturated carbocycles. The summed E-state index contributed by atoms with van der Waals surface area (Å²) < 4.78 is 10.7. The van der Waals surface area contributed by atoms with Crippen LogP contribution in [0.15, 0.2) is 42.5 Å². The van der Waals surface area contributed by atoms with Gasteiger partial charge in [-0.2, -0.15) is 0 Å². The fourth-order valence-corrected chi connectivity index (χ4v) is 3.62. The summed E-state index contributed by atoms with van der Waals surface area (Å²) in [5.74, 6) is 0.339. The number of aryl methyl sites for hydroxylation is 1. The summed E-state index contributed by atoms with van der Waals surface area (Å²) in [5.41, 5.74) is 3.32. The number of carboxylic acid groups (broad SMARTS) is 1. The molecule has 0 aliphatic heterocycles. The minimum absolute atomic E-state index is 0.122. The second-order valence-corrected chi connectivity index (χ2v) is 7.00. The van der Waals surface area contributed by atoms with E-state index in [1.165, 1.54) is 11.3 Å². The molecule has 7 heteroatoms. The minimum Gasteiger partial charge on any atom is -0.497 e. The molecule has 0 aliphatic rings. The maximum atomic E-state index is 11.3. The molecule has 2 N–H and O–H groups in total. The fraction of sp³-hybridized carbons (Fsp3) is 0.200. The Morgan fingerprint density at radius 1 is 1.15 bits per heavy atom. The van der Waals surface area contributed by atoms with Gasteiger partial charge in [0.25, 0.3) is 0 Å². The van der Waals surface area contributed by atoms with Crippen molar-refractivity contribution < 1.29 is 19.4 Å². The van der Waals surface area contributed by atoms with Crippen molar-refractivity contribution in [1.82, 2.24) is 4.98 Å². The summed E-state index contributed by atoms with van der Waals surface area (Å²) in [7, 11) is 3.15. The fourth-order valence-electron chi connectivity index (χ4n) is 2.63. The van der Waals surface area contributed by atoms with Crippen molar-refractivity contribution in [3.63, 3.8) is 0 Å². The Morgan fingerprint density at radius 2 is 1.89 bits per heavy atom. The van der Waals surface area contributed by atoms with E-state index in [0.717, 1.165) is 11.3 Å². The Morgan fingerprint density at radius 3 is 2.52 bits per heavy atom. The van der Waals surface area contributed by atoms with E-state index in [9.17, 15) is 9.90 Å². The van der Waals surface area contributed by atoms with Gasteiger partial charge in [0, 0.05) is 16.1 Å². The number of carbonyl (C=O) groups is 1. The Kier molecular flexibility index (Phi) is 5.61. The van der Waals surface area contributed by atoms with Crippen LogP contribution < -0.4 is 14.8 Å². The van der Waals surface area contributed by atoms with Gasteiger partial charge >= 0.3 is 5.97 Å². The average molecular weight is 384 g/mol. The van der Waals surface area contributed by atoms with Crippen LogP contribution >= 0.6 is 11.3 Å². The molecule has 0 aliphatic carbocycles.